The van der Waals surface area contributed by atoms with Crippen LogP contribution in [0.5, 0.6) is 0 Å². The number of nitrogens with zero attached hydrogens (tertiary/aromatic N) is 2. The first-order chi connectivity index (χ1) is 12.7. The zero-order chi connectivity index (χ0) is 19.9. The fourth-order valence-electron chi connectivity index (χ4n) is 3.37. The summed E-state index contributed by atoms with van der Waals surface area (Å²) in [5.74, 6) is -3.70. The van der Waals surface area contributed by atoms with Crippen molar-refractivity contribution >= 4 is 22.3 Å². The van der Waals surface area contributed by atoms with E-state index in [0.29, 0.717) is 23.7 Å². The number of non-ortho nitro benzene ring substituents is 1. The SMILES string of the molecule is CC(C)n1c(=O)cc(NC(C2CC2)C(F)(F)CO)c2cc([N+](=O)[O-])ccc21. The van der Waals surface area contributed by atoms with Crippen molar-refractivity contribution in [2.45, 2.75) is 44.7 Å². The normalized spacial score (nSPS) is 15.9. The summed E-state index contributed by atoms with van der Waals surface area (Å²) in [6, 6.07) is 3.64. The molecule has 1 saturated carbocycles. The number of aromatic nitrogens is 1. The third-order valence-electron chi connectivity index (χ3n) is 4.83. The lowest BCUT2D eigenvalue weighted by Gasteiger charge is -2.28. The quantitative estimate of drug-likeness (QED) is 0.566. The van der Waals surface area contributed by atoms with Crippen LogP contribution in [0, 0.1) is 16.0 Å². The summed E-state index contributed by atoms with van der Waals surface area (Å²) in [6.07, 6.45) is 1.18. The van der Waals surface area contributed by atoms with Crippen LogP contribution in [0.1, 0.15) is 32.7 Å². The third-order valence-corrected chi connectivity index (χ3v) is 4.83. The fourth-order valence-corrected chi connectivity index (χ4v) is 3.37. The molecule has 0 saturated heterocycles. The van der Waals surface area contributed by atoms with Crippen molar-refractivity contribution in [2.75, 3.05) is 11.9 Å². The van der Waals surface area contributed by atoms with Gasteiger partial charge in [0.15, 0.2) is 0 Å². The number of rotatable bonds is 7. The van der Waals surface area contributed by atoms with Gasteiger partial charge in [-0.2, -0.15) is 0 Å². The summed E-state index contributed by atoms with van der Waals surface area (Å²) < 4.78 is 29.9. The zero-order valence-corrected chi connectivity index (χ0v) is 15.0. The summed E-state index contributed by atoms with van der Waals surface area (Å²) in [5, 5.41) is 23.2. The Morgan fingerprint density at radius 2 is 2.04 bits per heavy atom. The predicted octanol–water partition coefficient (Wildman–Crippen LogP) is 3.31. The zero-order valence-electron chi connectivity index (χ0n) is 15.0. The molecule has 1 fully saturated rings. The maximum atomic E-state index is 14.2. The number of halogens is 2. The van der Waals surface area contributed by atoms with E-state index in [9.17, 15) is 23.7 Å². The van der Waals surface area contributed by atoms with E-state index < -0.39 is 29.1 Å². The Morgan fingerprint density at radius 1 is 1.37 bits per heavy atom. The van der Waals surface area contributed by atoms with Gasteiger partial charge in [-0.3, -0.25) is 14.9 Å². The van der Waals surface area contributed by atoms with E-state index in [-0.39, 0.29) is 23.3 Å². The van der Waals surface area contributed by atoms with Crippen LogP contribution in [0.25, 0.3) is 10.9 Å². The summed E-state index contributed by atoms with van der Waals surface area (Å²) in [6.45, 7) is 2.27. The van der Waals surface area contributed by atoms with Crippen molar-refractivity contribution in [3.05, 3.63) is 44.7 Å². The van der Waals surface area contributed by atoms with Crippen molar-refractivity contribution in [2.24, 2.45) is 5.92 Å². The number of pyridine rings is 1. The van der Waals surface area contributed by atoms with Crippen LogP contribution < -0.4 is 10.9 Å². The number of alkyl halides is 2. The molecule has 1 unspecified atom stereocenters. The van der Waals surface area contributed by atoms with E-state index in [1.54, 1.807) is 13.8 Å². The van der Waals surface area contributed by atoms with Gasteiger partial charge in [0.1, 0.15) is 6.61 Å². The second-order valence-corrected chi connectivity index (χ2v) is 7.20. The van der Waals surface area contributed by atoms with E-state index in [1.807, 2.05) is 0 Å². The molecular formula is C18H21F2N3O4. The average molecular weight is 381 g/mol. The third kappa shape index (κ3) is 3.64. The Labute approximate surface area is 153 Å². The molecule has 0 aliphatic heterocycles. The summed E-state index contributed by atoms with van der Waals surface area (Å²) in [4.78, 5) is 23.1. The first-order valence-electron chi connectivity index (χ1n) is 8.74. The molecule has 2 aromatic rings. The molecule has 0 amide bonds. The lowest BCUT2D eigenvalue weighted by Crippen LogP contribution is -2.44. The standard InChI is InChI=1S/C18H21F2N3O4/c1-10(2)22-15-6-5-12(23(26)27)7-13(15)14(8-16(22)25)21-17(11-3-4-11)18(19,20)9-24/h5-8,10-11,17,21,24H,3-4,9H2,1-2H3. The topological polar surface area (TPSA) is 97.4 Å². The molecule has 1 atom stereocenters. The first-order valence-corrected chi connectivity index (χ1v) is 8.74. The predicted molar refractivity (Wildman–Crippen MR) is 97.4 cm³/mol. The van der Waals surface area contributed by atoms with E-state index >= 15 is 0 Å². The van der Waals surface area contributed by atoms with Gasteiger partial charge in [-0.05, 0) is 38.7 Å². The van der Waals surface area contributed by atoms with Crippen LogP contribution in [0.2, 0.25) is 0 Å². The average Bonchev–Trinajstić information content (AvgIpc) is 3.43. The van der Waals surface area contributed by atoms with Crippen LogP contribution in [-0.4, -0.2) is 33.2 Å². The Kier molecular flexibility index (Phi) is 4.90. The summed E-state index contributed by atoms with van der Waals surface area (Å²) in [5.41, 5.74) is -0.0554. The van der Waals surface area contributed by atoms with Gasteiger partial charge in [-0.15, -0.1) is 0 Å². The Hall–Kier alpha value is -2.55. The van der Waals surface area contributed by atoms with E-state index in [2.05, 4.69) is 5.32 Å². The van der Waals surface area contributed by atoms with Crippen LogP contribution in [0.4, 0.5) is 20.2 Å². The highest BCUT2D eigenvalue weighted by atomic mass is 19.3. The number of benzene rings is 1. The summed E-state index contributed by atoms with van der Waals surface area (Å²) in [7, 11) is 0. The minimum Gasteiger partial charge on any atom is -0.390 e. The van der Waals surface area contributed by atoms with Gasteiger partial charge in [0.25, 0.3) is 17.2 Å². The van der Waals surface area contributed by atoms with Crippen molar-refractivity contribution in [1.29, 1.82) is 0 Å². The molecule has 1 aromatic carbocycles. The van der Waals surface area contributed by atoms with E-state index in [4.69, 9.17) is 5.11 Å². The number of aliphatic hydroxyl groups excluding tert-OH is 1. The van der Waals surface area contributed by atoms with Crippen LogP contribution >= 0.6 is 0 Å². The van der Waals surface area contributed by atoms with Gasteiger partial charge >= 0.3 is 0 Å². The highest BCUT2D eigenvalue weighted by Gasteiger charge is 2.48. The van der Waals surface area contributed by atoms with Gasteiger partial charge < -0.3 is 15.0 Å². The van der Waals surface area contributed by atoms with Crippen molar-refractivity contribution < 1.29 is 18.8 Å². The number of fused-ring (bicyclic) bond motifs is 1. The molecule has 0 radical (unpaired) electrons. The Balaban J connectivity index is 2.19. The number of anilines is 1. The molecule has 1 aliphatic carbocycles. The molecular weight excluding hydrogens is 360 g/mol. The van der Waals surface area contributed by atoms with Gasteiger partial charge in [0.05, 0.1) is 16.5 Å². The fraction of sp³-hybridized carbons (Fsp3) is 0.500. The van der Waals surface area contributed by atoms with Crippen LogP contribution in [0.15, 0.2) is 29.1 Å². The maximum absolute atomic E-state index is 14.2. The molecule has 0 bridgehead atoms. The number of nitrogens with one attached hydrogen (secondary N) is 1. The molecule has 146 valence electrons. The lowest BCUT2D eigenvalue weighted by atomic mass is 10.0. The minimum atomic E-state index is -3.37. The molecule has 1 heterocycles. The van der Waals surface area contributed by atoms with Gasteiger partial charge in [-0.1, -0.05) is 0 Å². The largest absolute Gasteiger partial charge is 0.390 e. The second-order valence-electron chi connectivity index (χ2n) is 7.20. The molecule has 3 rings (SSSR count). The van der Waals surface area contributed by atoms with Gasteiger partial charge in [0.2, 0.25) is 0 Å². The number of nitro benzene ring substituents is 1. The molecule has 9 heteroatoms. The number of nitro groups is 1. The lowest BCUT2D eigenvalue weighted by molar-refractivity contribution is -0.384. The van der Waals surface area contributed by atoms with Gasteiger partial charge in [-0.25, -0.2) is 8.78 Å². The number of aliphatic hydroxyl groups is 1. The monoisotopic (exact) mass is 381 g/mol. The molecule has 7 nitrogen and oxygen atoms in total. The van der Waals surface area contributed by atoms with Crippen molar-refractivity contribution in [1.82, 2.24) is 4.57 Å². The molecule has 1 aromatic heterocycles. The number of hydrogen-bond acceptors (Lipinski definition) is 5. The van der Waals surface area contributed by atoms with Crippen molar-refractivity contribution in [3.8, 4) is 0 Å². The van der Waals surface area contributed by atoms with E-state index in [1.165, 1.54) is 28.8 Å². The van der Waals surface area contributed by atoms with Gasteiger partial charge in [0, 0.05) is 35.3 Å². The number of hydrogen-bond donors (Lipinski definition) is 2. The highest BCUT2D eigenvalue weighted by molar-refractivity contribution is 5.93. The summed E-state index contributed by atoms with van der Waals surface area (Å²) >= 11 is 0. The highest BCUT2D eigenvalue weighted by Crippen LogP contribution is 2.42. The van der Waals surface area contributed by atoms with Crippen LogP contribution in [0.3, 0.4) is 0 Å². The van der Waals surface area contributed by atoms with Crippen LogP contribution in [-0.2, 0) is 0 Å². The molecule has 2 N–H and O–H groups in total. The first kappa shape index (κ1) is 19.2. The van der Waals surface area contributed by atoms with E-state index in [0.717, 1.165) is 0 Å². The molecule has 0 spiro atoms. The molecule has 1 aliphatic rings. The second kappa shape index (κ2) is 6.88. The van der Waals surface area contributed by atoms with Crippen molar-refractivity contribution in [3.63, 3.8) is 0 Å². The Morgan fingerprint density at radius 3 is 2.56 bits per heavy atom. The maximum Gasteiger partial charge on any atom is 0.290 e. The minimum absolute atomic E-state index is 0.112. The Bertz CT molecular complexity index is 938. The molecule has 27 heavy (non-hydrogen) atoms. The smallest absolute Gasteiger partial charge is 0.290 e.